The molecule has 0 aliphatic rings. The molecule has 0 saturated carbocycles. The zero-order valence-electron chi connectivity index (χ0n) is 12.3. The Hall–Kier alpha value is -2.77. The van der Waals surface area contributed by atoms with E-state index in [4.69, 9.17) is 23.8 Å². The minimum Gasteiger partial charge on any atom is -0.322 e. The van der Waals surface area contributed by atoms with E-state index in [1.54, 1.807) is 42.6 Å². The third-order valence-electron chi connectivity index (χ3n) is 3.13. The van der Waals surface area contributed by atoms with Crippen molar-refractivity contribution in [3.05, 3.63) is 75.8 Å². The zero-order valence-corrected chi connectivity index (χ0v) is 13.9. The number of aromatic amines is 1. The average molecular weight is 358 g/mol. The molecule has 6 nitrogen and oxygen atoms in total. The van der Waals surface area contributed by atoms with E-state index in [2.05, 4.69) is 20.6 Å². The summed E-state index contributed by atoms with van der Waals surface area (Å²) < 4.78 is 1.83. The van der Waals surface area contributed by atoms with E-state index in [-0.39, 0.29) is 5.91 Å². The maximum Gasteiger partial charge on any atom is 0.257 e. The first kappa shape index (κ1) is 16.1. The lowest BCUT2D eigenvalue weighted by molar-refractivity contribution is 0.102. The Balaban J connectivity index is 1.77. The molecule has 8 heteroatoms. The number of anilines is 1. The van der Waals surface area contributed by atoms with Gasteiger partial charge in [-0.1, -0.05) is 35.9 Å². The van der Waals surface area contributed by atoms with Crippen molar-refractivity contribution in [2.45, 2.75) is 0 Å². The number of benzene rings is 2. The first-order valence-electron chi connectivity index (χ1n) is 6.96. The molecule has 0 saturated heterocycles. The van der Waals surface area contributed by atoms with E-state index in [1.807, 2.05) is 12.1 Å². The number of H-pyrrole nitrogens is 1. The summed E-state index contributed by atoms with van der Waals surface area (Å²) in [4.78, 5) is 12.3. The summed E-state index contributed by atoms with van der Waals surface area (Å²) in [6, 6.07) is 14.1. The molecule has 0 atom stereocenters. The number of carbonyl (C=O) groups is 1. The van der Waals surface area contributed by atoms with Gasteiger partial charge in [0.2, 0.25) is 4.77 Å². The monoisotopic (exact) mass is 357 g/mol. The Morgan fingerprint density at radius 1 is 1.29 bits per heavy atom. The highest BCUT2D eigenvalue weighted by molar-refractivity contribution is 7.71. The normalized spacial score (nSPS) is 10.9. The van der Waals surface area contributed by atoms with E-state index < -0.39 is 0 Å². The number of rotatable bonds is 4. The van der Waals surface area contributed by atoms with Crippen LogP contribution in [-0.2, 0) is 0 Å². The van der Waals surface area contributed by atoms with Crippen molar-refractivity contribution >= 4 is 41.6 Å². The summed E-state index contributed by atoms with van der Waals surface area (Å²) >= 11 is 11.0. The Bertz CT molecular complexity index is 963. The minimum atomic E-state index is -0.272. The Labute approximate surface area is 147 Å². The van der Waals surface area contributed by atoms with E-state index in [0.29, 0.717) is 21.0 Å². The van der Waals surface area contributed by atoms with Gasteiger partial charge in [0.15, 0.2) is 0 Å². The molecular weight excluding hydrogens is 346 g/mol. The number of halogens is 1. The molecule has 3 rings (SSSR count). The molecule has 0 radical (unpaired) electrons. The summed E-state index contributed by atoms with van der Waals surface area (Å²) in [5, 5.41) is 13.8. The van der Waals surface area contributed by atoms with Crippen molar-refractivity contribution in [2.24, 2.45) is 5.10 Å². The second-order valence-electron chi connectivity index (χ2n) is 4.81. The number of hydrogen-bond donors (Lipinski definition) is 2. The van der Waals surface area contributed by atoms with Crippen LogP contribution in [0.2, 0.25) is 5.02 Å². The zero-order chi connectivity index (χ0) is 16.9. The molecule has 0 bridgehead atoms. The average Bonchev–Trinajstić information content (AvgIpc) is 2.99. The van der Waals surface area contributed by atoms with Crippen molar-refractivity contribution in [3.8, 4) is 0 Å². The fraction of sp³-hybridized carbons (Fsp3) is 0. The molecule has 0 unspecified atom stereocenters. The summed E-state index contributed by atoms with van der Waals surface area (Å²) in [5.41, 5.74) is 1.86. The summed E-state index contributed by atoms with van der Waals surface area (Å²) in [5.74, 6) is -0.272. The molecule has 3 aromatic rings. The van der Waals surface area contributed by atoms with Gasteiger partial charge in [-0.05, 0) is 42.0 Å². The van der Waals surface area contributed by atoms with E-state index in [0.717, 1.165) is 5.56 Å². The molecule has 2 N–H and O–H groups in total. The highest BCUT2D eigenvalue weighted by Crippen LogP contribution is 2.17. The number of carbonyl (C=O) groups excluding carboxylic acids is 1. The van der Waals surface area contributed by atoms with Crippen LogP contribution in [0.15, 0.2) is 60.0 Å². The first-order chi connectivity index (χ1) is 11.6. The van der Waals surface area contributed by atoms with Gasteiger partial charge in [0.1, 0.15) is 6.33 Å². The number of nitrogens with one attached hydrogen (secondary N) is 2. The smallest absolute Gasteiger partial charge is 0.257 e. The summed E-state index contributed by atoms with van der Waals surface area (Å²) in [7, 11) is 0. The quantitative estimate of drug-likeness (QED) is 0.552. The van der Waals surface area contributed by atoms with Gasteiger partial charge in [-0.25, -0.2) is 0 Å². The molecule has 0 aliphatic heterocycles. The molecule has 0 aliphatic carbocycles. The van der Waals surface area contributed by atoms with E-state index in [1.165, 1.54) is 11.0 Å². The van der Waals surface area contributed by atoms with Crippen molar-refractivity contribution in [2.75, 3.05) is 5.32 Å². The summed E-state index contributed by atoms with van der Waals surface area (Å²) in [6.07, 6.45) is 3.10. The van der Waals surface area contributed by atoms with Crippen LogP contribution in [0.1, 0.15) is 15.9 Å². The second kappa shape index (κ2) is 7.20. The molecule has 1 amide bonds. The Morgan fingerprint density at radius 3 is 2.88 bits per heavy atom. The molecule has 1 aromatic heterocycles. The van der Waals surface area contributed by atoms with Gasteiger partial charge in [-0.15, -0.1) is 0 Å². The molecule has 0 fully saturated rings. The van der Waals surface area contributed by atoms with Gasteiger partial charge in [-0.3, -0.25) is 9.89 Å². The fourth-order valence-electron chi connectivity index (χ4n) is 1.99. The largest absolute Gasteiger partial charge is 0.322 e. The molecule has 24 heavy (non-hydrogen) atoms. The van der Waals surface area contributed by atoms with Crippen LogP contribution in [0.5, 0.6) is 0 Å². The topological polar surface area (TPSA) is 75.1 Å². The van der Waals surface area contributed by atoms with Gasteiger partial charge in [0.05, 0.1) is 16.8 Å². The number of nitrogens with zero attached hydrogens (tertiary/aromatic N) is 3. The lowest BCUT2D eigenvalue weighted by Crippen LogP contribution is -2.12. The van der Waals surface area contributed by atoms with Crippen LogP contribution >= 0.6 is 23.8 Å². The number of hydrogen-bond acceptors (Lipinski definition) is 4. The second-order valence-corrected chi connectivity index (χ2v) is 5.60. The highest BCUT2D eigenvalue weighted by Gasteiger charge is 2.09. The number of amides is 1. The van der Waals surface area contributed by atoms with Gasteiger partial charge in [-0.2, -0.15) is 14.9 Å². The lowest BCUT2D eigenvalue weighted by atomic mass is 10.2. The van der Waals surface area contributed by atoms with Crippen LogP contribution in [0.25, 0.3) is 0 Å². The van der Waals surface area contributed by atoms with Crippen LogP contribution in [-0.4, -0.2) is 27.0 Å². The summed E-state index contributed by atoms with van der Waals surface area (Å²) in [6.45, 7) is 0. The molecule has 1 heterocycles. The molecule has 120 valence electrons. The third-order valence-corrected chi connectivity index (χ3v) is 3.74. The van der Waals surface area contributed by atoms with Gasteiger partial charge in [0.25, 0.3) is 5.91 Å². The highest BCUT2D eigenvalue weighted by atomic mass is 35.5. The third kappa shape index (κ3) is 3.76. The van der Waals surface area contributed by atoms with Crippen LogP contribution in [0, 0.1) is 4.77 Å². The predicted molar refractivity (Wildman–Crippen MR) is 96.3 cm³/mol. The first-order valence-corrected chi connectivity index (χ1v) is 7.74. The SMILES string of the molecule is O=C(Nc1cccc(/C=N\n2cn[nH]c2=S)c1)c1ccccc1Cl. The maximum atomic E-state index is 12.3. The van der Waals surface area contributed by atoms with Crippen LogP contribution < -0.4 is 5.32 Å². The van der Waals surface area contributed by atoms with Crippen molar-refractivity contribution < 1.29 is 4.79 Å². The maximum absolute atomic E-state index is 12.3. The fourth-order valence-corrected chi connectivity index (χ4v) is 2.36. The van der Waals surface area contributed by atoms with Crippen molar-refractivity contribution in [3.63, 3.8) is 0 Å². The van der Waals surface area contributed by atoms with Gasteiger partial charge in [0, 0.05) is 5.69 Å². The minimum absolute atomic E-state index is 0.272. The van der Waals surface area contributed by atoms with Crippen molar-refractivity contribution in [1.82, 2.24) is 14.9 Å². The molecule has 0 spiro atoms. The number of aromatic nitrogens is 3. The van der Waals surface area contributed by atoms with Crippen LogP contribution in [0.3, 0.4) is 0 Å². The molecular formula is C16H12ClN5OS. The van der Waals surface area contributed by atoms with Gasteiger partial charge >= 0.3 is 0 Å². The van der Waals surface area contributed by atoms with Crippen molar-refractivity contribution in [1.29, 1.82) is 0 Å². The van der Waals surface area contributed by atoms with E-state index >= 15 is 0 Å². The molecule has 2 aromatic carbocycles. The van der Waals surface area contributed by atoms with Crippen LogP contribution in [0.4, 0.5) is 5.69 Å². The predicted octanol–water partition coefficient (Wildman–Crippen LogP) is 3.73. The Morgan fingerprint density at radius 2 is 2.12 bits per heavy atom. The van der Waals surface area contributed by atoms with E-state index in [9.17, 15) is 4.79 Å². The van der Waals surface area contributed by atoms with Gasteiger partial charge < -0.3 is 5.32 Å². The Kier molecular flexibility index (Phi) is 4.83. The lowest BCUT2D eigenvalue weighted by Gasteiger charge is -2.07. The standard InChI is InChI=1S/C16H12ClN5OS/c17-14-7-2-1-6-13(14)15(23)20-12-5-3-4-11(8-12)9-19-22-10-18-21-16(22)24/h1-10H,(H,20,23)(H,21,24)/b19-9-.